The van der Waals surface area contributed by atoms with Gasteiger partial charge in [0.15, 0.2) is 10.6 Å². The zero-order valence-corrected chi connectivity index (χ0v) is 27.3. The van der Waals surface area contributed by atoms with Gasteiger partial charge in [0.05, 0.1) is 40.4 Å². The third kappa shape index (κ3) is 8.76. The maximum absolute atomic E-state index is 12.6. The maximum Gasteiger partial charge on any atom is 0.224 e. The van der Waals surface area contributed by atoms with Crippen molar-refractivity contribution in [2.45, 2.75) is 55.1 Å². The van der Waals surface area contributed by atoms with E-state index in [0.717, 1.165) is 37.0 Å². The minimum atomic E-state index is -0.603. The zero-order valence-electron chi connectivity index (χ0n) is 25.6. The van der Waals surface area contributed by atoms with E-state index >= 15 is 0 Å². The molecule has 9 nitrogen and oxygen atoms in total. The second-order valence-corrected chi connectivity index (χ2v) is 13.6. The second kappa shape index (κ2) is 15.6. The fourth-order valence-electron chi connectivity index (χ4n) is 5.28. The lowest BCUT2D eigenvalue weighted by atomic mass is 10.0. The number of aliphatic hydroxyl groups excluding tert-OH is 1. The molecule has 2 amide bonds. The van der Waals surface area contributed by atoms with Crippen molar-refractivity contribution < 1.29 is 24.2 Å². The van der Waals surface area contributed by atoms with Gasteiger partial charge in [-0.2, -0.15) is 0 Å². The molecule has 1 aromatic heterocycles. The van der Waals surface area contributed by atoms with Gasteiger partial charge in [-0.3, -0.25) is 9.59 Å². The first-order valence-electron chi connectivity index (χ1n) is 15.5. The summed E-state index contributed by atoms with van der Waals surface area (Å²) in [6.07, 6.45) is 0.606. The normalized spacial score (nSPS) is 17.8. The number of nitrogens with zero attached hydrogens (tertiary/aromatic N) is 1. The van der Waals surface area contributed by atoms with Crippen molar-refractivity contribution in [1.82, 2.24) is 4.98 Å². The van der Waals surface area contributed by atoms with Crippen LogP contribution in [0.15, 0.2) is 101 Å². The number of hydrogen-bond acceptors (Lipinski definition) is 9. The summed E-state index contributed by atoms with van der Waals surface area (Å²) in [4.78, 5) is 29.6. The van der Waals surface area contributed by atoms with Gasteiger partial charge in [-0.1, -0.05) is 72.4 Å². The van der Waals surface area contributed by atoms with Gasteiger partial charge in [0.1, 0.15) is 0 Å². The van der Waals surface area contributed by atoms with E-state index < -0.39 is 6.29 Å². The molecule has 1 saturated heterocycles. The summed E-state index contributed by atoms with van der Waals surface area (Å²) in [6.45, 7) is -0.0129. The lowest BCUT2D eigenvalue weighted by molar-refractivity contribution is -0.245. The van der Waals surface area contributed by atoms with E-state index in [1.165, 1.54) is 0 Å². The number of carbonyl (C=O) groups excluding carboxylic acids is 2. The number of nitrogens with two attached hydrogens (primary N) is 1. The Morgan fingerprint density at radius 2 is 1.57 bits per heavy atom. The van der Waals surface area contributed by atoms with Gasteiger partial charge in [-0.25, -0.2) is 4.98 Å². The van der Waals surface area contributed by atoms with Crippen LogP contribution in [0.2, 0.25) is 0 Å². The summed E-state index contributed by atoms with van der Waals surface area (Å²) in [5.41, 5.74) is 11.3. The number of hydrogen-bond donors (Lipinski definition) is 4. The standard InChI is InChI=1S/C36H36N4O5S2/c37-28-6-1-2-7-29(28)39-34(43)11-5-10-33(42)38-26-18-16-25(17-19-26)35-44-27(20-31(45-35)24-14-12-23(21-41)13-15-24)22-46-36-40-30-8-3-4-9-32(30)47-36/h1-4,6-9,12-19,27,31,35,41H,5,10-11,20-22,37H2,(H,38,42)(H,39,43)/t27-,31+,35+/m0/s1. The number of thioether (sulfide) groups is 1. The average molecular weight is 669 g/mol. The summed E-state index contributed by atoms with van der Waals surface area (Å²) in [5.74, 6) is 0.357. The molecule has 0 unspecified atom stereocenters. The summed E-state index contributed by atoms with van der Waals surface area (Å²) in [6, 6.07) is 30.5. The number of rotatable bonds is 12. The number of anilines is 3. The number of para-hydroxylation sites is 3. The molecule has 1 aliphatic rings. The van der Waals surface area contributed by atoms with Crippen LogP contribution in [0.1, 0.15) is 54.8 Å². The molecule has 4 aromatic carbocycles. The second-order valence-electron chi connectivity index (χ2n) is 11.3. The Morgan fingerprint density at radius 3 is 2.32 bits per heavy atom. The Balaban J connectivity index is 1.06. The van der Waals surface area contributed by atoms with Crippen LogP contribution in [0.4, 0.5) is 17.1 Å². The zero-order chi connectivity index (χ0) is 32.6. The van der Waals surface area contributed by atoms with E-state index in [-0.39, 0.29) is 43.5 Å². The quantitative estimate of drug-likeness (QED) is 0.0795. The lowest BCUT2D eigenvalue weighted by Crippen LogP contribution is -2.31. The van der Waals surface area contributed by atoms with Crippen LogP contribution >= 0.6 is 23.1 Å². The van der Waals surface area contributed by atoms with E-state index in [2.05, 4.69) is 16.7 Å². The van der Waals surface area contributed by atoms with Crippen molar-refractivity contribution in [3.63, 3.8) is 0 Å². The van der Waals surface area contributed by atoms with E-state index in [9.17, 15) is 14.7 Å². The van der Waals surface area contributed by atoms with Crippen molar-refractivity contribution in [3.8, 4) is 0 Å². The molecular weight excluding hydrogens is 633 g/mol. The molecule has 5 N–H and O–H groups in total. The van der Waals surface area contributed by atoms with Crippen molar-refractivity contribution in [1.29, 1.82) is 0 Å². The first-order valence-corrected chi connectivity index (χ1v) is 17.3. The molecule has 47 heavy (non-hydrogen) atoms. The molecule has 0 saturated carbocycles. The molecule has 3 atom stereocenters. The van der Waals surface area contributed by atoms with Gasteiger partial charge >= 0.3 is 0 Å². The number of fused-ring (bicyclic) bond motifs is 1. The Bertz CT molecular complexity index is 1780. The highest BCUT2D eigenvalue weighted by molar-refractivity contribution is 8.01. The van der Waals surface area contributed by atoms with Gasteiger partial charge in [0.2, 0.25) is 11.8 Å². The molecule has 1 fully saturated rings. The predicted octanol–water partition coefficient (Wildman–Crippen LogP) is 7.46. The number of nitrogens with one attached hydrogen (secondary N) is 2. The number of carbonyl (C=O) groups is 2. The first kappa shape index (κ1) is 32.7. The van der Waals surface area contributed by atoms with Crippen LogP contribution in [0.5, 0.6) is 0 Å². The molecule has 2 heterocycles. The highest BCUT2D eigenvalue weighted by atomic mass is 32.2. The summed E-state index contributed by atoms with van der Waals surface area (Å²) in [5, 5.41) is 15.2. The molecule has 6 rings (SSSR count). The third-order valence-electron chi connectivity index (χ3n) is 7.79. The number of ether oxygens (including phenoxy) is 2. The van der Waals surface area contributed by atoms with Crippen molar-refractivity contribution in [2.75, 3.05) is 22.1 Å². The molecule has 0 bridgehead atoms. The van der Waals surface area contributed by atoms with Gasteiger partial charge in [-0.05, 0) is 53.9 Å². The molecule has 5 aromatic rings. The van der Waals surface area contributed by atoms with Crippen LogP contribution in [0, 0.1) is 0 Å². The molecule has 0 radical (unpaired) electrons. The van der Waals surface area contributed by atoms with Crippen LogP contribution < -0.4 is 16.4 Å². The predicted molar refractivity (Wildman–Crippen MR) is 187 cm³/mol. The topological polar surface area (TPSA) is 136 Å². The largest absolute Gasteiger partial charge is 0.397 e. The number of aliphatic hydroxyl groups is 1. The molecular formula is C36H36N4O5S2. The van der Waals surface area contributed by atoms with Gasteiger partial charge in [-0.15, -0.1) is 11.3 Å². The van der Waals surface area contributed by atoms with E-state index in [1.54, 1.807) is 47.4 Å². The Labute approximate surface area is 281 Å². The average Bonchev–Trinajstić information content (AvgIpc) is 3.52. The first-order chi connectivity index (χ1) is 22.9. The van der Waals surface area contributed by atoms with Gasteiger partial charge < -0.3 is 30.9 Å². The monoisotopic (exact) mass is 668 g/mol. The maximum atomic E-state index is 12.6. The Kier molecular flexibility index (Phi) is 10.8. The fraction of sp³-hybridized carbons (Fsp3) is 0.250. The summed E-state index contributed by atoms with van der Waals surface area (Å²) in [7, 11) is 0. The molecule has 0 aliphatic carbocycles. The third-order valence-corrected chi connectivity index (χ3v) is 10.1. The smallest absolute Gasteiger partial charge is 0.224 e. The number of aromatic nitrogens is 1. The Hall–Kier alpha value is -4.26. The van der Waals surface area contributed by atoms with Crippen LogP contribution in [-0.4, -0.2) is 33.8 Å². The number of amides is 2. The van der Waals surface area contributed by atoms with Crippen LogP contribution in [0.25, 0.3) is 10.2 Å². The molecule has 0 spiro atoms. The molecule has 1 aliphatic heterocycles. The van der Waals surface area contributed by atoms with Crippen molar-refractivity contribution in [2.24, 2.45) is 0 Å². The number of thiazole rings is 1. The number of nitrogen functional groups attached to an aromatic ring is 1. The summed E-state index contributed by atoms with van der Waals surface area (Å²) < 4.78 is 15.1. The molecule has 11 heteroatoms. The van der Waals surface area contributed by atoms with Crippen molar-refractivity contribution in [3.05, 3.63) is 114 Å². The van der Waals surface area contributed by atoms with Crippen molar-refractivity contribution >= 4 is 62.2 Å². The Morgan fingerprint density at radius 1 is 0.872 bits per heavy atom. The van der Waals surface area contributed by atoms with Gasteiger partial charge in [0, 0.05) is 36.3 Å². The van der Waals surface area contributed by atoms with Crippen LogP contribution in [0.3, 0.4) is 0 Å². The minimum absolute atomic E-state index is 0.0129. The summed E-state index contributed by atoms with van der Waals surface area (Å²) >= 11 is 3.37. The van der Waals surface area contributed by atoms with Gasteiger partial charge in [0.25, 0.3) is 0 Å². The minimum Gasteiger partial charge on any atom is -0.397 e. The SMILES string of the molecule is Nc1ccccc1NC(=O)CCCC(=O)Nc1ccc([C@@H]2O[C@H](CSc3nc4ccccc4s3)C[C@H](c3ccc(CO)cc3)O2)cc1. The van der Waals surface area contributed by atoms with E-state index in [4.69, 9.17) is 20.2 Å². The highest BCUT2D eigenvalue weighted by Gasteiger charge is 2.32. The molecule has 242 valence electrons. The van der Waals surface area contributed by atoms with E-state index in [0.29, 0.717) is 29.9 Å². The highest BCUT2D eigenvalue weighted by Crippen LogP contribution is 2.40. The van der Waals surface area contributed by atoms with Crippen LogP contribution in [-0.2, 0) is 25.7 Å². The van der Waals surface area contributed by atoms with E-state index in [1.807, 2.05) is 66.7 Å². The number of benzene rings is 4. The lowest BCUT2D eigenvalue weighted by Gasteiger charge is -2.36. The fourth-order valence-corrected chi connectivity index (χ4v) is 7.39.